The van der Waals surface area contributed by atoms with Crippen molar-refractivity contribution in [3.8, 4) is 5.75 Å². The quantitative estimate of drug-likeness (QED) is 0.235. The van der Waals surface area contributed by atoms with Crippen molar-refractivity contribution in [1.82, 2.24) is 15.5 Å². The molecule has 0 aromatic heterocycles. The van der Waals surface area contributed by atoms with Gasteiger partial charge in [-0.3, -0.25) is 24.0 Å². The number of Topliss-reactive ketones (excluding diaryl/α,β-unsaturated/α-hetero) is 1. The van der Waals surface area contributed by atoms with E-state index in [1.54, 1.807) is 40.1 Å². The molecule has 0 aliphatic heterocycles. The maximum atomic E-state index is 14.1. The predicted molar refractivity (Wildman–Crippen MR) is 167 cm³/mol. The first-order valence-electron chi connectivity index (χ1n) is 13.9. The van der Waals surface area contributed by atoms with E-state index in [2.05, 4.69) is 10.6 Å². The summed E-state index contributed by atoms with van der Waals surface area (Å²) >= 11 is 7.08. The van der Waals surface area contributed by atoms with Crippen LogP contribution in [0, 0.1) is 11.7 Å². The van der Waals surface area contributed by atoms with Crippen molar-refractivity contribution < 1.29 is 38.2 Å². The molecular weight excluding hydrogens is 613 g/mol. The summed E-state index contributed by atoms with van der Waals surface area (Å²) in [6, 6.07) is 7.12. The number of aryl methyl sites for hydroxylation is 1. The number of amides is 3. The number of ketones is 1. The largest absolute Gasteiger partial charge is 0.496 e. The lowest BCUT2D eigenvalue weighted by Crippen LogP contribution is -2.54. The van der Waals surface area contributed by atoms with Crippen molar-refractivity contribution in [2.24, 2.45) is 5.92 Å². The molecule has 0 fully saturated rings. The Morgan fingerprint density at radius 1 is 1.09 bits per heavy atom. The Morgan fingerprint density at radius 3 is 2.39 bits per heavy atom. The minimum atomic E-state index is -1.36. The first-order chi connectivity index (χ1) is 20.7. The SMILES string of the molecule is COc1ccc(CCC(=O)N(C)C)cc1CC(=O)NC(C(=O)NC(CC(=O)O)C(=O)CSCc1c(F)cccc1Cl)C(C)C. The third-order valence-electron chi connectivity index (χ3n) is 6.72. The summed E-state index contributed by atoms with van der Waals surface area (Å²) in [6.45, 7) is 3.41. The molecule has 3 amide bonds. The number of carboxylic acids is 1. The number of nitrogens with zero attached hydrogens (tertiary/aromatic N) is 1. The number of halogens is 2. The number of hydrogen-bond donors (Lipinski definition) is 3. The van der Waals surface area contributed by atoms with Gasteiger partial charge >= 0.3 is 5.97 Å². The second kappa shape index (κ2) is 17.6. The minimum Gasteiger partial charge on any atom is -0.496 e. The summed E-state index contributed by atoms with van der Waals surface area (Å²) in [5.41, 5.74) is 1.62. The number of hydrogen-bond acceptors (Lipinski definition) is 7. The van der Waals surface area contributed by atoms with E-state index in [1.807, 2.05) is 6.07 Å². The van der Waals surface area contributed by atoms with Crippen molar-refractivity contribution in [2.75, 3.05) is 27.0 Å². The van der Waals surface area contributed by atoms with Gasteiger partial charge < -0.3 is 25.4 Å². The van der Waals surface area contributed by atoms with Gasteiger partial charge in [-0.2, -0.15) is 0 Å². The molecule has 10 nitrogen and oxygen atoms in total. The lowest BCUT2D eigenvalue weighted by molar-refractivity contribution is -0.140. The topological polar surface area (TPSA) is 142 Å². The number of carbonyl (C=O) groups excluding carboxylic acids is 4. The molecule has 0 spiro atoms. The number of aliphatic carboxylic acids is 1. The lowest BCUT2D eigenvalue weighted by Gasteiger charge is -2.25. The van der Waals surface area contributed by atoms with Crippen LogP contribution in [0.15, 0.2) is 36.4 Å². The van der Waals surface area contributed by atoms with Crippen molar-refractivity contribution in [2.45, 2.75) is 57.4 Å². The predicted octanol–water partition coefficient (Wildman–Crippen LogP) is 3.65. The zero-order valence-corrected chi connectivity index (χ0v) is 27.0. The first-order valence-corrected chi connectivity index (χ1v) is 15.5. The van der Waals surface area contributed by atoms with E-state index in [9.17, 15) is 33.5 Å². The van der Waals surface area contributed by atoms with Crippen molar-refractivity contribution in [3.05, 3.63) is 63.9 Å². The molecule has 2 atom stereocenters. The van der Waals surface area contributed by atoms with Crippen LogP contribution in [0.3, 0.4) is 0 Å². The second-order valence-corrected chi connectivity index (χ2v) is 12.1. The molecular formula is C31H39ClFN3O7S. The molecule has 3 N–H and O–H groups in total. The molecule has 0 saturated carbocycles. The Morgan fingerprint density at radius 2 is 1.80 bits per heavy atom. The van der Waals surface area contributed by atoms with Crippen molar-refractivity contribution >= 4 is 52.8 Å². The van der Waals surface area contributed by atoms with Crippen LogP contribution in [0.4, 0.5) is 4.39 Å². The average molecular weight is 652 g/mol. The first kappa shape index (κ1) is 36.6. The Kier molecular flexibility index (Phi) is 14.6. The van der Waals surface area contributed by atoms with E-state index in [0.29, 0.717) is 24.2 Å². The molecule has 0 heterocycles. The molecule has 2 aromatic carbocycles. The summed E-state index contributed by atoms with van der Waals surface area (Å²) in [7, 11) is 4.83. The smallest absolute Gasteiger partial charge is 0.305 e. The molecule has 2 rings (SSSR count). The minimum absolute atomic E-state index is 0.0290. The van der Waals surface area contributed by atoms with Gasteiger partial charge in [0, 0.05) is 42.4 Å². The van der Waals surface area contributed by atoms with Gasteiger partial charge in [0.15, 0.2) is 5.78 Å². The van der Waals surface area contributed by atoms with Gasteiger partial charge in [0.05, 0.1) is 31.7 Å². The average Bonchev–Trinajstić information content (AvgIpc) is 2.95. The van der Waals surface area contributed by atoms with Gasteiger partial charge in [0.1, 0.15) is 17.6 Å². The lowest BCUT2D eigenvalue weighted by atomic mass is 10.00. The monoisotopic (exact) mass is 651 g/mol. The Hall–Kier alpha value is -3.64. The number of thioether (sulfide) groups is 1. The molecule has 2 unspecified atom stereocenters. The van der Waals surface area contributed by atoms with Gasteiger partial charge in [-0.1, -0.05) is 43.6 Å². The van der Waals surface area contributed by atoms with Crippen molar-refractivity contribution in [3.63, 3.8) is 0 Å². The number of carbonyl (C=O) groups is 5. The highest BCUT2D eigenvalue weighted by atomic mass is 35.5. The maximum absolute atomic E-state index is 14.1. The number of methoxy groups -OCH3 is 1. The highest BCUT2D eigenvalue weighted by Gasteiger charge is 2.30. The fourth-order valence-corrected chi connectivity index (χ4v) is 5.55. The molecule has 13 heteroatoms. The van der Waals surface area contributed by atoms with Crippen molar-refractivity contribution in [1.29, 1.82) is 0 Å². The van der Waals surface area contributed by atoms with Crippen LogP contribution in [0.25, 0.3) is 0 Å². The highest BCUT2D eigenvalue weighted by molar-refractivity contribution is 7.99. The Bertz CT molecular complexity index is 1340. The number of rotatable bonds is 17. The number of benzene rings is 2. The molecule has 44 heavy (non-hydrogen) atoms. The summed E-state index contributed by atoms with van der Waals surface area (Å²) in [4.78, 5) is 64.2. The van der Waals surface area contributed by atoms with Gasteiger partial charge in [0.25, 0.3) is 0 Å². The maximum Gasteiger partial charge on any atom is 0.305 e. The fourth-order valence-electron chi connectivity index (χ4n) is 4.24. The van der Waals surface area contributed by atoms with Gasteiger partial charge in [-0.25, -0.2) is 4.39 Å². The van der Waals surface area contributed by atoms with Crippen LogP contribution in [0.2, 0.25) is 5.02 Å². The molecule has 0 radical (unpaired) electrons. The van der Waals surface area contributed by atoms with Crippen LogP contribution in [0.5, 0.6) is 5.75 Å². The number of nitrogens with one attached hydrogen (secondary N) is 2. The zero-order chi connectivity index (χ0) is 33.0. The van der Waals surface area contributed by atoms with Crippen LogP contribution in [0.1, 0.15) is 43.4 Å². The second-order valence-electron chi connectivity index (χ2n) is 10.7. The molecule has 0 aliphatic carbocycles. The van der Waals surface area contributed by atoms with Crippen LogP contribution in [-0.2, 0) is 42.6 Å². The molecule has 0 saturated heterocycles. The van der Waals surface area contributed by atoms with E-state index in [-0.39, 0.29) is 34.4 Å². The van der Waals surface area contributed by atoms with Crippen LogP contribution in [-0.4, -0.2) is 78.5 Å². The highest BCUT2D eigenvalue weighted by Crippen LogP contribution is 2.24. The van der Waals surface area contributed by atoms with Crippen LogP contribution >= 0.6 is 23.4 Å². The molecule has 0 aliphatic rings. The standard InChI is InChI=1S/C31H39ClFN3O7S/c1-18(2)30(35-27(38)14-20-13-19(9-11-26(20)43-5)10-12-28(39)36(3)4)31(42)34-24(15-29(40)41)25(37)17-44-16-21-22(32)7-6-8-23(21)33/h6-9,11,13,18,24,30H,10,12,14-17H2,1-5H3,(H,34,42)(H,35,38)(H,40,41). The summed E-state index contributed by atoms with van der Waals surface area (Å²) in [6.07, 6.45) is -0.0179. The van der Waals surface area contributed by atoms with E-state index < -0.39 is 53.8 Å². The van der Waals surface area contributed by atoms with Gasteiger partial charge in [-0.15, -0.1) is 11.8 Å². The molecule has 240 valence electrons. The van der Waals surface area contributed by atoms with E-state index in [1.165, 1.54) is 30.2 Å². The summed E-state index contributed by atoms with van der Waals surface area (Å²) in [5.74, 6) is -3.67. The summed E-state index contributed by atoms with van der Waals surface area (Å²) in [5, 5.41) is 14.7. The third-order valence-corrected chi connectivity index (χ3v) is 8.06. The number of carboxylic acid groups (broad SMARTS) is 1. The van der Waals surface area contributed by atoms with E-state index >= 15 is 0 Å². The molecule has 2 aromatic rings. The Balaban J connectivity index is 2.08. The fraction of sp³-hybridized carbons (Fsp3) is 0.452. The summed E-state index contributed by atoms with van der Waals surface area (Å²) < 4.78 is 19.5. The van der Waals surface area contributed by atoms with Gasteiger partial charge in [0.2, 0.25) is 17.7 Å². The van der Waals surface area contributed by atoms with E-state index in [0.717, 1.165) is 17.3 Å². The molecule has 0 bridgehead atoms. The third kappa shape index (κ3) is 11.5. The zero-order valence-electron chi connectivity index (χ0n) is 25.4. The van der Waals surface area contributed by atoms with Gasteiger partial charge in [-0.05, 0) is 36.1 Å². The normalized spacial score (nSPS) is 12.3. The van der Waals surface area contributed by atoms with E-state index in [4.69, 9.17) is 16.3 Å². The van der Waals surface area contributed by atoms with Crippen LogP contribution < -0.4 is 15.4 Å². The number of ether oxygens (including phenoxy) is 1. The Labute approximate surface area is 266 Å².